The van der Waals surface area contributed by atoms with E-state index in [0.717, 1.165) is 15.8 Å². The van der Waals surface area contributed by atoms with Crippen molar-refractivity contribution in [2.75, 3.05) is 0 Å². The SMILES string of the molecule is O=S1c2cc3ccccc3cc2C=CC1NCc1ccccc1. The summed E-state index contributed by atoms with van der Waals surface area (Å²) >= 11 is 0. The van der Waals surface area contributed by atoms with Gasteiger partial charge in [-0.3, -0.25) is 9.53 Å². The van der Waals surface area contributed by atoms with Crippen molar-refractivity contribution in [3.8, 4) is 0 Å². The van der Waals surface area contributed by atoms with Gasteiger partial charge in [-0.25, -0.2) is 0 Å². The molecule has 3 aromatic carbocycles. The molecular weight excluding hydrogens is 302 g/mol. The van der Waals surface area contributed by atoms with E-state index in [-0.39, 0.29) is 5.37 Å². The zero-order chi connectivity index (χ0) is 15.6. The van der Waals surface area contributed by atoms with Gasteiger partial charge in [-0.1, -0.05) is 66.7 Å². The van der Waals surface area contributed by atoms with E-state index >= 15 is 0 Å². The molecule has 1 aliphatic heterocycles. The molecule has 0 spiro atoms. The molecule has 0 saturated carbocycles. The summed E-state index contributed by atoms with van der Waals surface area (Å²) in [5.74, 6) is 0. The van der Waals surface area contributed by atoms with Crippen molar-refractivity contribution >= 4 is 27.6 Å². The van der Waals surface area contributed by atoms with Crippen LogP contribution >= 0.6 is 0 Å². The molecule has 0 aromatic heterocycles. The molecule has 0 saturated heterocycles. The molecular formula is C20H17NOS. The van der Waals surface area contributed by atoms with Crippen molar-refractivity contribution in [2.45, 2.75) is 16.8 Å². The third-order valence-electron chi connectivity index (χ3n) is 4.13. The molecule has 0 fully saturated rings. The van der Waals surface area contributed by atoms with Gasteiger partial charge in [-0.2, -0.15) is 0 Å². The van der Waals surface area contributed by atoms with Crippen LogP contribution in [0.15, 0.2) is 77.7 Å². The molecule has 23 heavy (non-hydrogen) atoms. The zero-order valence-corrected chi connectivity index (χ0v) is 13.4. The van der Waals surface area contributed by atoms with E-state index in [1.54, 1.807) is 0 Å². The Bertz CT molecular complexity index is 902. The summed E-state index contributed by atoms with van der Waals surface area (Å²) in [6, 6.07) is 22.6. The largest absolute Gasteiger partial charge is 0.296 e. The monoisotopic (exact) mass is 319 g/mol. The fourth-order valence-electron chi connectivity index (χ4n) is 2.90. The van der Waals surface area contributed by atoms with Gasteiger partial charge >= 0.3 is 0 Å². The fraction of sp³-hybridized carbons (Fsp3) is 0.100. The van der Waals surface area contributed by atoms with Crippen molar-refractivity contribution in [1.82, 2.24) is 5.32 Å². The molecule has 0 aliphatic carbocycles. The van der Waals surface area contributed by atoms with Crippen LogP contribution in [0.25, 0.3) is 16.8 Å². The van der Waals surface area contributed by atoms with Crippen LogP contribution in [-0.2, 0) is 17.3 Å². The molecule has 1 aliphatic rings. The van der Waals surface area contributed by atoms with Crippen LogP contribution in [0.1, 0.15) is 11.1 Å². The molecule has 0 radical (unpaired) electrons. The zero-order valence-electron chi connectivity index (χ0n) is 12.6. The average Bonchev–Trinajstić information content (AvgIpc) is 2.61. The van der Waals surface area contributed by atoms with Gasteiger partial charge in [0.2, 0.25) is 0 Å². The molecule has 0 amide bonds. The van der Waals surface area contributed by atoms with E-state index in [9.17, 15) is 4.21 Å². The fourth-order valence-corrected chi connectivity index (χ4v) is 4.23. The Kier molecular flexibility index (Phi) is 3.82. The predicted molar refractivity (Wildman–Crippen MR) is 96.5 cm³/mol. The lowest BCUT2D eigenvalue weighted by Crippen LogP contribution is -2.32. The number of benzene rings is 3. The van der Waals surface area contributed by atoms with Gasteiger partial charge in [0, 0.05) is 11.4 Å². The minimum absolute atomic E-state index is 0.149. The number of hydrogen-bond donors (Lipinski definition) is 1. The van der Waals surface area contributed by atoms with Gasteiger partial charge in [0.25, 0.3) is 0 Å². The lowest BCUT2D eigenvalue weighted by Gasteiger charge is -2.21. The highest BCUT2D eigenvalue weighted by Crippen LogP contribution is 2.28. The van der Waals surface area contributed by atoms with Crippen LogP contribution in [-0.4, -0.2) is 9.58 Å². The summed E-state index contributed by atoms with van der Waals surface area (Å²) in [6.45, 7) is 0.713. The van der Waals surface area contributed by atoms with Crippen molar-refractivity contribution in [3.05, 3.63) is 83.9 Å². The van der Waals surface area contributed by atoms with E-state index in [1.807, 2.05) is 36.4 Å². The van der Waals surface area contributed by atoms with E-state index in [4.69, 9.17) is 0 Å². The molecule has 2 nitrogen and oxygen atoms in total. The van der Waals surface area contributed by atoms with Crippen molar-refractivity contribution in [2.24, 2.45) is 0 Å². The van der Waals surface area contributed by atoms with Gasteiger partial charge in [-0.05, 0) is 34.0 Å². The van der Waals surface area contributed by atoms with E-state index in [2.05, 4.69) is 47.8 Å². The lowest BCUT2D eigenvalue weighted by atomic mass is 10.1. The van der Waals surface area contributed by atoms with E-state index in [1.165, 1.54) is 10.9 Å². The predicted octanol–water partition coefficient (Wildman–Crippen LogP) is 4.09. The first kappa shape index (κ1) is 14.4. The van der Waals surface area contributed by atoms with Gasteiger partial charge in [-0.15, -0.1) is 0 Å². The second-order valence-electron chi connectivity index (χ2n) is 5.68. The van der Waals surface area contributed by atoms with Crippen LogP contribution in [0.5, 0.6) is 0 Å². The first-order chi connectivity index (χ1) is 11.3. The summed E-state index contributed by atoms with van der Waals surface area (Å²) in [6.07, 6.45) is 4.09. The van der Waals surface area contributed by atoms with Crippen molar-refractivity contribution in [1.29, 1.82) is 0 Å². The van der Waals surface area contributed by atoms with Gasteiger partial charge in [0.05, 0.1) is 10.8 Å². The molecule has 1 N–H and O–H groups in total. The Morgan fingerprint density at radius 1 is 0.913 bits per heavy atom. The van der Waals surface area contributed by atoms with E-state index in [0.29, 0.717) is 6.54 Å². The summed E-state index contributed by atoms with van der Waals surface area (Å²) in [4.78, 5) is 0.914. The maximum Gasteiger partial charge on any atom is 0.107 e. The van der Waals surface area contributed by atoms with E-state index < -0.39 is 10.8 Å². The standard InChI is InChI=1S/C20H17NOS/c22-23-19-13-17-9-5-4-8-16(17)12-18(19)10-11-20(23)21-14-15-6-2-1-3-7-15/h1-13,20-21H,14H2. The van der Waals surface area contributed by atoms with Gasteiger partial charge in [0.15, 0.2) is 0 Å². The van der Waals surface area contributed by atoms with Crippen LogP contribution < -0.4 is 5.32 Å². The second kappa shape index (κ2) is 6.11. The topological polar surface area (TPSA) is 29.1 Å². The Hall–Kier alpha value is -2.23. The molecule has 114 valence electrons. The summed E-state index contributed by atoms with van der Waals surface area (Å²) in [5, 5.41) is 5.56. The maximum absolute atomic E-state index is 12.9. The quantitative estimate of drug-likeness (QED) is 0.788. The summed E-state index contributed by atoms with van der Waals surface area (Å²) < 4.78 is 12.9. The third-order valence-corrected chi connectivity index (χ3v) is 5.70. The Morgan fingerprint density at radius 2 is 1.61 bits per heavy atom. The van der Waals surface area contributed by atoms with Crippen LogP contribution in [0, 0.1) is 0 Å². The Balaban J connectivity index is 1.60. The maximum atomic E-state index is 12.9. The molecule has 1 heterocycles. The Labute approximate surface area is 138 Å². The minimum Gasteiger partial charge on any atom is -0.296 e. The Morgan fingerprint density at radius 3 is 2.39 bits per heavy atom. The van der Waals surface area contributed by atoms with Gasteiger partial charge in [0.1, 0.15) is 5.37 Å². The smallest absolute Gasteiger partial charge is 0.107 e. The number of hydrogen-bond acceptors (Lipinski definition) is 2. The molecule has 4 rings (SSSR count). The summed E-state index contributed by atoms with van der Waals surface area (Å²) in [7, 11) is -1.08. The van der Waals surface area contributed by atoms with Crippen molar-refractivity contribution in [3.63, 3.8) is 0 Å². The number of nitrogens with one attached hydrogen (secondary N) is 1. The first-order valence-electron chi connectivity index (χ1n) is 7.70. The first-order valence-corrected chi connectivity index (χ1v) is 8.91. The number of rotatable bonds is 3. The third kappa shape index (κ3) is 2.85. The van der Waals surface area contributed by atoms with Gasteiger partial charge < -0.3 is 0 Å². The van der Waals surface area contributed by atoms with Crippen LogP contribution in [0.2, 0.25) is 0 Å². The second-order valence-corrected chi connectivity index (χ2v) is 7.22. The molecule has 2 atom stereocenters. The van der Waals surface area contributed by atoms with Crippen LogP contribution in [0.3, 0.4) is 0 Å². The lowest BCUT2D eigenvalue weighted by molar-refractivity contribution is 0.649. The van der Waals surface area contributed by atoms with Crippen molar-refractivity contribution < 1.29 is 4.21 Å². The highest BCUT2D eigenvalue weighted by Gasteiger charge is 2.22. The highest BCUT2D eigenvalue weighted by atomic mass is 32.2. The number of fused-ring (bicyclic) bond motifs is 2. The normalized spacial score (nSPS) is 19.7. The average molecular weight is 319 g/mol. The molecule has 0 bridgehead atoms. The molecule has 3 aromatic rings. The summed E-state index contributed by atoms with van der Waals surface area (Å²) in [5.41, 5.74) is 2.25. The highest BCUT2D eigenvalue weighted by molar-refractivity contribution is 7.86. The molecule has 2 unspecified atom stereocenters. The molecule has 3 heteroatoms. The van der Waals surface area contributed by atoms with Crippen LogP contribution in [0.4, 0.5) is 0 Å². The minimum atomic E-state index is -1.08.